The minimum Gasteiger partial charge on any atom is -0.425 e. The quantitative estimate of drug-likeness (QED) is 0.132. The van der Waals surface area contributed by atoms with Crippen LogP contribution >= 0.6 is 11.6 Å². The van der Waals surface area contributed by atoms with Crippen LogP contribution in [0.2, 0.25) is 0 Å². The fourth-order valence-corrected chi connectivity index (χ4v) is 3.60. The van der Waals surface area contributed by atoms with Crippen molar-refractivity contribution in [3.63, 3.8) is 0 Å². The molecule has 0 saturated heterocycles. The highest BCUT2D eigenvalue weighted by atomic mass is 35.5. The summed E-state index contributed by atoms with van der Waals surface area (Å²) in [5, 5.41) is -0.637. The van der Waals surface area contributed by atoms with Crippen LogP contribution in [0.25, 0.3) is 11.4 Å². The third-order valence-electron chi connectivity index (χ3n) is 5.72. The zero-order valence-electron chi connectivity index (χ0n) is 19.3. The highest BCUT2D eigenvalue weighted by molar-refractivity contribution is 6.30. The van der Waals surface area contributed by atoms with Crippen molar-refractivity contribution >= 4 is 17.6 Å². The Kier molecular flexibility index (Phi) is 11.6. The molecule has 2 unspecified atom stereocenters. The summed E-state index contributed by atoms with van der Waals surface area (Å²) in [5.41, 5.74) is 2.07. The fourth-order valence-electron chi connectivity index (χ4n) is 3.38. The first-order valence-corrected chi connectivity index (χ1v) is 12.3. The summed E-state index contributed by atoms with van der Waals surface area (Å²) in [7, 11) is 0. The normalized spacial score (nSPS) is 13.0. The average Bonchev–Trinajstić information content (AvgIpc) is 2.80. The molecule has 0 fully saturated rings. The van der Waals surface area contributed by atoms with E-state index in [4.69, 9.17) is 16.3 Å². The Balaban J connectivity index is 1.77. The number of carbonyl (C=O) groups is 1. The minimum absolute atomic E-state index is 0.0751. The van der Waals surface area contributed by atoms with E-state index in [1.807, 2.05) is 38.4 Å². The van der Waals surface area contributed by atoms with Crippen LogP contribution in [0.3, 0.4) is 0 Å². The molecule has 1 aromatic heterocycles. The fraction of sp³-hybridized carbons (Fsp3) is 0.577. The van der Waals surface area contributed by atoms with E-state index >= 15 is 0 Å². The number of rotatable bonds is 14. The van der Waals surface area contributed by atoms with Gasteiger partial charge < -0.3 is 4.74 Å². The van der Waals surface area contributed by atoms with Gasteiger partial charge in [0.1, 0.15) is 11.1 Å². The topological polar surface area (TPSA) is 52.1 Å². The molecule has 1 aromatic carbocycles. The van der Waals surface area contributed by atoms with Gasteiger partial charge in [0.15, 0.2) is 5.82 Å². The Hall–Kier alpha value is -1.94. The molecule has 2 aromatic rings. The van der Waals surface area contributed by atoms with Gasteiger partial charge in [-0.3, -0.25) is 4.79 Å². The molecule has 0 radical (unpaired) electrons. The van der Waals surface area contributed by atoms with E-state index in [2.05, 4.69) is 16.9 Å². The van der Waals surface area contributed by atoms with E-state index in [0.717, 1.165) is 18.4 Å². The van der Waals surface area contributed by atoms with Crippen LogP contribution in [-0.2, 0) is 11.2 Å². The van der Waals surface area contributed by atoms with Crippen LogP contribution in [0.5, 0.6) is 5.75 Å². The molecule has 0 spiro atoms. The van der Waals surface area contributed by atoms with Crippen molar-refractivity contribution in [1.29, 1.82) is 0 Å². The molecule has 5 heteroatoms. The van der Waals surface area contributed by atoms with Crippen LogP contribution < -0.4 is 4.74 Å². The zero-order chi connectivity index (χ0) is 22.5. The highest BCUT2D eigenvalue weighted by Gasteiger charge is 2.23. The first kappa shape index (κ1) is 25.3. The number of halogens is 1. The Labute approximate surface area is 192 Å². The molecule has 0 aliphatic rings. The van der Waals surface area contributed by atoms with Gasteiger partial charge in [-0.15, -0.1) is 11.6 Å². The van der Waals surface area contributed by atoms with Gasteiger partial charge in [0.2, 0.25) is 0 Å². The van der Waals surface area contributed by atoms with Gasteiger partial charge in [-0.1, -0.05) is 72.1 Å². The van der Waals surface area contributed by atoms with Crippen molar-refractivity contribution in [3.8, 4) is 17.1 Å². The molecule has 170 valence electrons. The van der Waals surface area contributed by atoms with Crippen LogP contribution in [0.4, 0.5) is 0 Å². The number of hydrogen-bond acceptors (Lipinski definition) is 4. The van der Waals surface area contributed by atoms with Crippen molar-refractivity contribution in [1.82, 2.24) is 9.97 Å². The summed E-state index contributed by atoms with van der Waals surface area (Å²) in [6.45, 7) is 6.20. The first-order chi connectivity index (χ1) is 15.0. The summed E-state index contributed by atoms with van der Waals surface area (Å²) in [6.07, 6.45) is 16.2. The predicted octanol–water partition coefficient (Wildman–Crippen LogP) is 7.39. The molecule has 2 rings (SSSR count). The Morgan fingerprint density at radius 3 is 2.10 bits per heavy atom. The Bertz CT molecular complexity index is 762. The SMILES string of the molecule is CCCCCCCCCCc1cnc(-c2ccc(OC(=O)C(Cl)C(C)CC)cc2)nc1. The molecule has 0 aliphatic carbocycles. The lowest BCUT2D eigenvalue weighted by molar-refractivity contribution is -0.134. The summed E-state index contributed by atoms with van der Waals surface area (Å²) in [6, 6.07) is 7.24. The number of nitrogens with zero attached hydrogens (tertiary/aromatic N) is 2. The molecule has 0 bridgehead atoms. The number of ether oxygens (including phenoxy) is 1. The van der Waals surface area contributed by atoms with Gasteiger partial charge >= 0.3 is 5.97 Å². The molecule has 4 nitrogen and oxygen atoms in total. The van der Waals surface area contributed by atoms with Crippen LogP contribution in [0.15, 0.2) is 36.7 Å². The molecule has 0 aliphatic heterocycles. The monoisotopic (exact) mass is 444 g/mol. The number of aromatic nitrogens is 2. The number of hydrogen-bond donors (Lipinski definition) is 0. The standard InChI is InChI=1S/C26H37ClN2O2/c1-4-6-7-8-9-10-11-12-13-21-18-28-25(29-19-21)22-14-16-23(17-15-22)31-26(30)24(27)20(3)5-2/h14-20,24H,4-13H2,1-3H3. The lowest BCUT2D eigenvalue weighted by Crippen LogP contribution is -2.26. The van der Waals surface area contributed by atoms with E-state index in [1.165, 1.54) is 56.9 Å². The second-order valence-electron chi connectivity index (χ2n) is 8.37. The van der Waals surface area contributed by atoms with E-state index in [-0.39, 0.29) is 5.92 Å². The molecule has 31 heavy (non-hydrogen) atoms. The lowest BCUT2D eigenvalue weighted by atomic mass is 10.1. The van der Waals surface area contributed by atoms with Crippen molar-refractivity contribution < 1.29 is 9.53 Å². The van der Waals surface area contributed by atoms with Gasteiger partial charge in [0.25, 0.3) is 0 Å². The Morgan fingerprint density at radius 1 is 0.935 bits per heavy atom. The number of aryl methyl sites for hydroxylation is 1. The van der Waals surface area contributed by atoms with E-state index in [1.54, 1.807) is 12.1 Å². The summed E-state index contributed by atoms with van der Waals surface area (Å²) in [5.74, 6) is 0.817. The molecule has 0 N–H and O–H groups in total. The van der Waals surface area contributed by atoms with Crippen molar-refractivity contribution in [2.45, 2.75) is 90.4 Å². The number of unbranched alkanes of at least 4 members (excludes halogenated alkanes) is 7. The van der Waals surface area contributed by atoms with Crippen LogP contribution in [0, 0.1) is 5.92 Å². The van der Waals surface area contributed by atoms with Crippen molar-refractivity contribution in [2.75, 3.05) is 0 Å². The maximum atomic E-state index is 12.1. The number of esters is 1. The third-order valence-corrected chi connectivity index (χ3v) is 6.33. The number of carbonyl (C=O) groups excluding carboxylic acids is 1. The van der Waals surface area contributed by atoms with Gasteiger partial charge in [-0.05, 0) is 48.6 Å². The average molecular weight is 445 g/mol. The van der Waals surface area contributed by atoms with Gasteiger partial charge in [-0.25, -0.2) is 9.97 Å². The summed E-state index contributed by atoms with van der Waals surface area (Å²) in [4.78, 5) is 21.1. The zero-order valence-corrected chi connectivity index (χ0v) is 20.0. The third kappa shape index (κ3) is 8.98. The maximum absolute atomic E-state index is 12.1. The van der Waals surface area contributed by atoms with E-state index in [0.29, 0.717) is 11.6 Å². The smallest absolute Gasteiger partial charge is 0.329 e. The summed E-state index contributed by atoms with van der Waals surface area (Å²) >= 11 is 6.16. The lowest BCUT2D eigenvalue weighted by Gasteiger charge is -2.14. The second-order valence-corrected chi connectivity index (χ2v) is 8.84. The maximum Gasteiger partial charge on any atom is 0.329 e. The molecular formula is C26H37ClN2O2. The number of alkyl halides is 1. The largest absolute Gasteiger partial charge is 0.425 e. The molecule has 0 saturated carbocycles. The molecule has 1 heterocycles. The van der Waals surface area contributed by atoms with E-state index in [9.17, 15) is 4.79 Å². The predicted molar refractivity (Wildman–Crippen MR) is 129 cm³/mol. The number of benzene rings is 1. The van der Waals surface area contributed by atoms with Gasteiger partial charge in [-0.2, -0.15) is 0 Å². The molecular weight excluding hydrogens is 408 g/mol. The molecule has 0 amide bonds. The van der Waals surface area contributed by atoms with Crippen molar-refractivity contribution in [2.24, 2.45) is 5.92 Å². The first-order valence-electron chi connectivity index (χ1n) is 11.8. The van der Waals surface area contributed by atoms with Gasteiger partial charge in [0, 0.05) is 18.0 Å². The highest BCUT2D eigenvalue weighted by Crippen LogP contribution is 2.22. The van der Waals surface area contributed by atoms with Gasteiger partial charge in [0.05, 0.1) is 0 Å². The second kappa shape index (κ2) is 14.2. The minimum atomic E-state index is -0.637. The van der Waals surface area contributed by atoms with E-state index < -0.39 is 11.3 Å². The Morgan fingerprint density at radius 2 is 1.52 bits per heavy atom. The van der Waals surface area contributed by atoms with Crippen molar-refractivity contribution in [3.05, 3.63) is 42.2 Å². The van der Waals surface area contributed by atoms with Crippen LogP contribution in [-0.4, -0.2) is 21.3 Å². The molecule has 2 atom stereocenters. The summed E-state index contributed by atoms with van der Waals surface area (Å²) < 4.78 is 5.39. The van der Waals surface area contributed by atoms with Crippen LogP contribution in [0.1, 0.15) is 84.1 Å².